The number of likely N-dealkylation sites (N-methyl/N-ethyl adjacent to an activating group) is 1. The number of amides is 3. The topological polar surface area (TPSA) is 66.5 Å². The second kappa shape index (κ2) is 5.77. The third-order valence-corrected chi connectivity index (χ3v) is 4.10. The van der Waals surface area contributed by atoms with Crippen molar-refractivity contribution in [3.8, 4) is 0 Å². The van der Waals surface area contributed by atoms with Gasteiger partial charge in [-0.15, -0.1) is 0 Å². The molecular weight excluding hydrogens is 256 g/mol. The fourth-order valence-corrected chi connectivity index (χ4v) is 3.08. The van der Waals surface area contributed by atoms with E-state index in [1.54, 1.807) is 0 Å². The number of likely N-dealkylation sites (tertiary alicyclic amines) is 1. The number of carbonyl (C=O) groups is 3. The van der Waals surface area contributed by atoms with Crippen molar-refractivity contribution in [1.82, 2.24) is 10.2 Å². The van der Waals surface area contributed by atoms with Gasteiger partial charge in [0.2, 0.25) is 17.7 Å². The Morgan fingerprint density at radius 1 is 1.25 bits per heavy atom. The lowest BCUT2D eigenvalue weighted by atomic mass is 9.85. The largest absolute Gasteiger partial charge is 0.357 e. The zero-order valence-electron chi connectivity index (χ0n) is 12.3. The smallest absolute Gasteiger partial charge is 0.243 e. The Morgan fingerprint density at radius 3 is 2.15 bits per heavy atom. The lowest BCUT2D eigenvalue weighted by Crippen LogP contribution is -2.49. The van der Waals surface area contributed by atoms with Crippen LogP contribution in [0.1, 0.15) is 33.1 Å². The minimum atomic E-state index is -0.675. The molecule has 2 aliphatic rings. The Kier molecular flexibility index (Phi) is 4.26. The number of carbonyl (C=O) groups excluding carboxylic acids is 3. The van der Waals surface area contributed by atoms with E-state index in [9.17, 15) is 14.4 Å². The molecule has 1 aliphatic carbocycles. The van der Waals surface area contributed by atoms with E-state index in [4.69, 9.17) is 0 Å². The van der Waals surface area contributed by atoms with Gasteiger partial charge >= 0.3 is 0 Å². The molecule has 0 saturated carbocycles. The first-order valence-corrected chi connectivity index (χ1v) is 7.20. The van der Waals surface area contributed by atoms with Gasteiger partial charge in [0.15, 0.2) is 0 Å². The van der Waals surface area contributed by atoms with E-state index in [1.165, 1.54) is 11.9 Å². The van der Waals surface area contributed by atoms with Crippen LogP contribution in [0.15, 0.2) is 12.2 Å². The van der Waals surface area contributed by atoms with E-state index >= 15 is 0 Å². The average molecular weight is 278 g/mol. The SMILES string of the molecule is CNC(=O)[C@@H](CC(C)C)N1C(=O)[C@H]2CC=CC[C@H]2C1=O. The van der Waals surface area contributed by atoms with Crippen molar-refractivity contribution in [2.24, 2.45) is 17.8 Å². The summed E-state index contributed by atoms with van der Waals surface area (Å²) in [6.07, 6.45) is 5.62. The van der Waals surface area contributed by atoms with Crippen LogP contribution in [0.25, 0.3) is 0 Å². The molecule has 0 radical (unpaired) electrons. The average Bonchev–Trinajstić information content (AvgIpc) is 2.68. The summed E-state index contributed by atoms with van der Waals surface area (Å²) in [5, 5.41) is 2.57. The molecule has 1 saturated heterocycles. The molecule has 3 atom stereocenters. The Labute approximate surface area is 119 Å². The van der Waals surface area contributed by atoms with Crippen molar-refractivity contribution >= 4 is 17.7 Å². The Hall–Kier alpha value is -1.65. The molecule has 110 valence electrons. The van der Waals surface area contributed by atoms with Crippen LogP contribution in [0.2, 0.25) is 0 Å². The van der Waals surface area contributed by atoms with Gasteiger partial charge < -0.3 is 5.32 Å². The third-order valence-electron chi connectivity index (χ3n) is 4.10. The number of allylic oxidation sites excluding steroid dienone is 2. The summed E-state index contributed by atoms with van der Waals surface area (Å²) in [6.45, 7) is 3.96. The number of imide groups is 1. The molecule has 20 heavy (non-hydrogen) atoms. The first-order valence-electron chi connectivity index (χ1n) is 7.20. The lowest BCUT2D eigenvalue weighted by Gasteiger charge is -2.26. The van der Waals surface area contributed by atoms with Gasteiger partial charge in [0, 0.05) is 7.05 Å². The van der Waals surface area contributed by atoms with Crippen LogP contribution < -0.4 is 5.32 Å². The Bertz CT molecular complexity index is 430. The molecule has 1 N–H and O–H groups in total. The second-order valence-corrected chi connectivity index (χ2v) is 5.96. The van der Waals surface area contributed by atoms with Crippen molar-refractivity contribution in [3.63, 3.8) is 0 Å². The molecule has 2 rings (SSSR count). The summed E-state index contributed by atoms with van der Waals surface area (Å²) in [5.41, 5.74) is 0. The van der Waals surface area contributed by atoms with Crippen LogP contribution in [0.4, 0.5) is 0 Å². The normalized spacial score (nSPS) is 26.9. The first-order chi connectivity index (χ1) is 9.47. The summed E-state index contributed by atoms with van der Waals surface area (Å²) in [7, 11) is 1.54. The van der Waals surface area contributed by atoms with Gasteiger partial charge in [0.1, 0.15) is 6.04 Å². The van der Waals surface area contributed by atoms with E-state index in [0.717, 1.165) is 0 Å². The molecule has 1 fully saturated rings. The van der Waals surface area contributed by atoms with Gasteiger partial charge in [-0.2, -0.15) is 0 Å². The monoisotopic (exact) mass is 278 g/mol. The van der Waals surface area contributed by atoms with Crippen LogP contribution in [0.3, 0.4) is 0 Å². The summed E-state index contributed by atoms with van der Waals surface area (Å²) in [6, 6.07) is -0.675. The Morgan fingerprint density at radius 2 is 1.75 bits per heavy atom. The highest BCUT2D eigenvalue weighted by Gasteiger charge is 2.50. The standard InChI is InChI=1S/C15H22N2O3/c1-9(2)8-12(13(18)16-3)17-14(19)10-6-4-5-7-11(10)15(17)20/h4-5,9-12H,6-8H2,1-3H3,(H,16,18)/t10-,11+,12-/m1/s1. The third kappa shape index (κ3) is 2.49. The zero-order chi connectivity index (χ0) is 14.9. The highest BCUT2D eigenvalue weighted by atomic mass is 16.2. The van der Waals surface area contributed by atoms with Gasteiger partial charge in [-0.05, 0) is 25.2 Å². The lowest BCUT2D eigenvalue weighted by molar-refractivity contribution is -0.148. The van der Waals surface area contributed by atoms with Gasteiger partial charge in [-0.3, -0.25) is 19.3 Å². The van der Waals surface area contributed by atoms with Crippen LogP contribution in [0, 0.1) is 17.8 Å². The minimum Gasteiger partial charge on any atom is -0.357 e. The predicted octanol–water partition coefficient (Wildman–Crippen LogP) is 1.10. The van der Waals surface area contributed by atoms with Gasteiger partial charge in [0.05, 0.1) is 11.8 Å². The molecule has 0 aromatic carbocycles. The van der Waals surface area contributed by atoms with E-state index in [-0.39, 0.29) is 35.5 Å². The second-order valence-electron chi connectivity index (χ2n) is 5.96. The fourth-order valence-electron chi connectivity index (χ4n) is 3.08. The van der Waals surface area contributed by atoms with E-state index in [2.05, 4.69) is 5.32 Å². The van der Waals surface area contributed by atoms with E-state index in [0.29, 0.717) is 19.3 Å². The molecule has 0 aromatic rings. The molecular formula is C15H22N2O3. The molecule has 0 bridgehead atoms. The zero-order valence-corrected chi connectivity index (χ0v) is 12.3. The first kappa shape index (κ1) is 14.8. The number of hydrogen-bond acceptors (Lipinski definition) is 3. The van der Waals surface area contributed by atoms with Gasteiger partial charge in [0.25, 0.3) is 0 Å². The predicted molar refractivity (Wildman–Crippen MR) is 74.5 cm³/mol. The van der Waals surface area contributed by atoms with Gasteiger partial charge in [-0.25, -0.2) is 0 Å². The Balaban J connectivity index is 2.27. The van der Waals surface area contributed by atoms with E-state index < -0.39 is 6.04 Å². The van der Waals surface area contributed by atoms with Crippen LogP contribution >= 0.6 is 0 Å². The fraction of sp³-hybridized carbons (Fsp3) is 0.667. The highest BCUT2D eigenvalue weighted by molar-refractivity contribution is 6.08. The summed E-state index contributed by atoms with van der Waals surface area (Å²) < 4.78 is 0. The van der Waals surface area contributed by atoms with Crippen LogP contribution in [-0.2, 0) is 14.4 Å². The molecule has 0 unspecified atom stereocenters. The van der Waals surface area contributed by atoms with Crippen molar-refractivity contribution in [3.05, 3.63) is 12.2 Å². The number of hydrogen-bond donors (Lipinski definition) is 1. The number of fused-ring (bicyclic) bond motifs is 1. The molecule has 1 aliphatic heterocycles. The molecule has 5 nitrogen and oxygen atoms in total. The maximum atomic E-state index is 12.5. The van der Waals surface area contributed by atoms with Crippen LogP contribution in [-0.4, -0.2) is 35.7 Å². The van der Waals surface area contributed by atoms with Crippen molar-refractivity contribution in [2.75, 3.05) is 7.05 Å². The molecule has 3 amide bonds. The van der Waals surface area contributed by atoms with E-state index in [1.807, 2.05) is 26.0 Å². The number of nitrogens with one attached hydrogen (secondary N) is 1. The molecule has 0 aromatic heterocycles. The summed E-state index contributed by atoms with van der Waals surface area (Å²) in [5.74, 6) is -0.929. The number of nitrogens with zero attached hydrogens (tertiary/aromatic N) is 1. The van der Waals surface area contributed by atoms with Crippen molar-refractivity contribution < 1.29 is 14.4 Å². The highest BCUT2D eigenvalue weighted by Crippen LogP contribution is 2.36. The molecule has 5 heteroatoms. The van der Waals surface area contributed by atoms with Crippen LogP contribution in [0.5, 0.6) is 0 Å². The molecule has 1 heterocycles. The van der Waals surface area contributed by atoms with Crippen molar-refractivity contribution in [2.45, 2.75) is 39.2 Å². The number of rotatable bonds is 4. The van der Waals surface area contributed by atoms with Crippen molar-refractivity contribution in [1.29, 1.82) is 0 Å². The summed E-state index contributed by atoms with van der Waals surface area (Å²) in [4.78, 5) is 38.3. The maximum absolute atomic E-state index is 12.5. The summed E-state index contributed by atoms with van der Waals surface area (Å²) >= 11 is 0. The minimum absolute atomic E-state index is 0.182. The quantitative estimate of drug-likeness (QED) is 0.618. The maximum Gasteiger partial charge on any atom is 0.243 e. The molecule has 0 spiro atoms. The van der Waals surface area contributed by atoms with Gasteiger partial charge in [-0.1, -0.05) is 26.0 Å².